The normalized spacial score (nSPS) is 21.8. The van der Waals surface area contributed by atoms with Gasteiger partial charge in [-0.15, -0.1) is 0 Å². The first-order valence-electron chi connectivity index (χ1n) is 6.36. The third-order valence-electron chi connectivity index (χ3n) is 3.31. The molecule has 0 radical (unpaired) electrons. The van der Waals surface area contributed by atoms with Crippen LogP contribution in [-0.4, -0.2) is 54.9 Å². The van der Waals surface area contributed by atoms with E-state index in [1.54, 1.807) is 7.11 Å². The minimum atomic E-state index is -0.454. The highest BCUT2D eigenvalue weighted by molar-refractivity contribution is 5.82. The van der Waals surface area contributed by atoms with Crippen molar-refractivity contribution in [3.8, 4) is 0 Å². The molecule has 2 unspecified atom stereocenters. The Kier molecular flexibility index (Phi) is 6.47. The van der Waals surface area contributed by atoms with Crippen molar-refractivity contribution in [1.82, 2.24) is 4.90 Å². The lowest BCUT2D eigenvalue weighted by Crippen LogP contribution is -2.46. The van der Waals surface area contributed by atoms with Crippen molar-refractivity contribution in [1.29, 1.82) is 0 Å². The van der Waals surface area contributed by atoms with Gasteiger partial charge in [0.2, 0.25) is 5.91 Å². The van der Waals surface area contributed by atoms with E-state index in [0.717, 1.165) is 32.2 Å². The first-order valence-corrected chi connectivity index (χ1v) is 6.36. The number of aliphatic hydroxyl groups is 1. The van der Waals surface area contributed by atoms with Gasteiger partial charge in [-0.25, -0.2) is 0 Å². The van der Waals surface area contributed by atoms with Crippen LogP contribution in [0.2, 0.25) is 0 Å². The van der Waals surface area contributed by atoms with E-state index in [-0.39, 0.29) is 18.6 Å². The lowest BCUT2D eigenvalue weighted by molar-refractivity contribution is -0.134. The predicted octanol–water partition coefficient (Wildman–Crippen LogP) is 0.114. The van der Waals surface area contributed by atoms with Crippen LogP contribution in [0, 0.1) is 0 Å². The van der Waals surface area contributed by atoms with Crippen molar-refractivity contribution in [3.63, 3.8) is 0 Å². The quantitative estimate of drug-likeness (QED) is 0.666. The summed E-state index contributed by atoms with van der Waals surface area (Å²) in [7, 11) is 1.61. The van der Waals surface area contributed by atoms with Gasteiger partial charge in [-0.05, 0) is 32.1 Å². The molecule has 1 rings (SSSR count). The molecule has 0 aromatic rings. The maximum Gasteiger partial charge on any atom is 0.239 e. The first-order chi connectivity index (χ1) is 8.20. The number of nitrogens with two attached hydrogens (primary N) is 1. The second kappa shape index (κ2) is 7.63. The SMILES string of the molecule is COCCC(N)C(=O)N1CCCC1CCCO. The monoisotopic (exact) mass is 244 g/mol. The van der Waals surface area contributed by atoms with Crippen molar-refractivity contribution in [2.75, 3.05) is 26.9 Å². The lowest BCUT2D eigenvalue weighted by Gasteiger charge is -2.27. The van der Waals surface area contributed by atoms with Crippen LogP contribution in [0.25, 0.3) is 0 Å². The predicted molar refractivity (Wildman–Crippen MR) is 65.5 cm³/mol. The maximum absolute atomic E-state index is 12.1. The molecule has 1 aliphatic heterocycles. The van der Waals surface area contributed by atoms with Gasteiger partial charge < -0.3 is 20.5 Å². The molecule has 17 heavy (non-hydrogen) atoms. The van der Waals surface area contributed by atoms with Crippen LogP contribution >= 0.6 is 0 Å². The number of nitrogens with zero attached hydrogens (tertiary/aromatic N) is 1. The maximum atomic E-state index is 12.1. The number of methoxy groups -OCH3 is 1. The summed E-state index contributed by atoms with van der Waals surface area (Å²) in [6.45, 7) is 1.51. The van der Waals surface area contributed by atoms with Gasteiger partial charge in [-0.1, -0.05) is 0 Å². The molecular weight excluding hydrogens is 220 g/mol. The number of ether oxygens (including phenoxy) is 1. The van der Waals surface area contributed by atoms with Crippen molar-refractivity contribution in [2.24, 2.45) is 5.73 Å². The van der Waals surface area contributed by atoms with Crippen LogP contribution in [0.15, 0.2) is 0 Å². The molecule has 0 aromatic carbocycles. The third-order valence-corrected chi connectivity index (χ3v) is 3.31. The number of hydrogen-bond donors (Lipinski definition) is 2. The zero-order valence-electron chi connectivity index (χ0n) is 10.6. The number of carbonyl (C=O) groups is 1. The summed E-state index contributed by atoms with van der Waals surface area (Å²) in [5.74, 6) is 0.0301. The van der Waals surface area contributed by atoms with Crippen LogP contribution in [0.5, 0.6) is 0 Å². The largest absolute Gasteiger partial charge is 0.396 e. The van der Waals surface area contributed by atoms with E-state index < -0.39 is 6.04 Å². The molecule has 1 saturated heterocycles. The summed E-state index contributed by atoms with van der Waals surface area (Å²) in [5, 5.41) is 8.83. The van der Waals surface area contributed by atoms with Gasteiger partial charge in [0.1, 0.15) is 0 Å². The van der Waals surface area contributed by atoms with Crippen molar-refractivity contribution >= 4 is 5.91 Å². The molecule has 2 atom stereocenters. The Bertz CT molecular complexity index is 236. The Labute approximate surface area is 103 Å². The smallest absolute Gasteiger partial charge is 0.239 e. The molecule has 100 valence electrons. The number of amides is 1. The molecule has 1 amide bonds. The van der Waals surface area contributed by atoms with Gasteiger partial charge in [0, 0.05) is 32.9 Å². The zero-order chi connectivity index (χ0) is 12.7. The third kappa shape index (κ3) is 4.26. The van der Waals surface area contributed by atoms with Gasteiger partial charge >= 0.3 is 0 Å². The topological polar surface area (TPSA) is 75.8 Å². The second-order valence-corrected chi connectivity index (χ2v) is 4.58. The number of aliphatic hydroxyl groups excluding tert-OH is 1. The number of carbonyl (C=O) groups excluding carboxylic acids is 1. The van der Waals surface area contributed by atoms with Crippen LogP contribution in [0.1, 0.15) is 32.1 Å². The fourth-order valence-corrected chi connectivity index (χ4v) is 2.33. The highest BCUT2D eigenvalue weighted by Gasteiger charge is 2.30. The summed E-state index contributed by atoms with van der Waals surface area (Å²) < 4.78 is 4.93. The summed E-state index contributed by atoms with van der Waals surface area (Å²) in [6.07, 6.45) is 4.26. The molecule has 1 heterocycles. The summed E-state index contributed by atoms with van der Waals surface area (Å²) in [4.78, 5) is 14.0. The fourth-order valence-electron chi connectivity index (χ4n) is 2.33. The summed E-state index contributed by atoms with van der Waals surface area (Å²) >= 11 is 0. The Morgan fingerprint density at radius 1 is 1.65 bits per heavy atom. The highest BCUT2D eigenvalue weighted by atomic mass is 16.5. The van der Waals surface area contributed by atoms with E-state index in [4.69, 9.17) is 15.6 Å². The van der Waals surface area contributed by atoms with Gasteiger partial charge in [-0.3, -0.25) is 4.79 Å². The Hall–Kier alpha value is -0.650. The average Bonchev–Trinajstić information content (AvgIpc) is 2.80. The minimum Gasteiger partial charge on any atom is -0.396 e. The van der Waals surface area contributed by atoms with Gasteiger partial charge in [0.15, 0.2) is 0 Å². The molecule has 5 nitrogen and oxygen atoms in total. The average molecular weight is 244 g/mol. The summed E-state index contributed by atoms with van der Waals surface area (Å²) in [6, 6.07) is -0.187. The fraction of sp³-hybridized carbons (Fsp3) is 0.917. The van der Waals surface area contributed by atoms with Gasteiger partial charge in [-0.2, -0.15) is 0 Å². The second-order valence-electron chi connectivity index (χ2n) is 4.58. The molecule has 0 aliphatic carbocycles. The molecule has 0 saturated carbocycles. The Balaban J connectivity index is 2.43. The number of rotatable bonds is 7. The number of hydrogen-bond acceptors (Lipinski definition) is 4. The van der Waals surface area contributed by atoms with Crippen molar-refractivity contribution in [2.45, 2.75) is 44.2 Å². The van der Waals surface area contributed by atoms with E-state index in [1.165, 1.54) is 0 Å². The van der Waals surface area contributed by atoms with E-state index in [0.29, 0.717) is 13.0 Å². The van der Waals surface area contributed by atoms with Crippen molar-refractivity contribution < 1.29 is 14.6 Å². The molecule has 1 fully saturated rings. The molecular formula is C12H24N2O3. The van der Waals surface area contributed by atoms with Gasteiger partial charge in [0.25, 0.3) is 0 Å². The first kappa shape index (κ1) is 14.4. The van der Waals surface area contributed by atoms with Crippen LogP contribution in [0.3, 0.4) is 0 Å². The summed E-state index contributed by atoms with van der Waals surface area (Å²) in [5.41, 5.74) is 5.85. The Morgan fingerprint density at radius 3 is 3.06 bits per heavy atom. The van der Waals surface area contributed by atoms with Gasteiger partial charge in [0.05, 0.1) is 6.04 Å². The van der Waals surface area contributed by atoms with E-state index >= 15 is 0 Å². The van der Waals surface area contributed by atoms with Crippen LogP contribution in [-0.2, 0) is 9.53 Å². The molecule has 1 aliphatic rings. The highest BCUT2D eigenvalue weighted by Crippen LogP contribution is 2.22. The van der Waals surface area contributed by atoms with E-state index in [9.17, 15) is 4.79 Å². The standard InChI is InChI=1S/C12H24N2O3/c1-17-9-6-11(13)12(16)14-7-2-4-10(14)5-3-8-15/h10-11,15H,2-9,13H2,1H3. The zero-order valence-corrected chi connectivity index (χ0v) is 10.6. The number of likely N-dealkylation sites (tertiary alicyclic amines) is 1. The minimum absolute atomic E-state index is 0.0301. The molecule has 0 bridgehead atoms. The van der Waals surface area contributed by atoms with Crippen LogP contribution < -0.4 is 5.73 Å². The van der Waals surface area contributed by atoms with Crippen LogP contribution in [0.4, 0.5) is 0 Å². The Morgan fingerprint density at radius 2 is 2.41 bits per heavy atom. The molecule has 0 aromatic heterocycles. The molecule has 0 spiro atoms. The lowest BCUT2D eigenvalue weighted by atomic mass is 10.1. The molecule has 3 N–H and O–H groups in total. The van der Waals surface area contributed by atoms with E-state index in [2.05, 4.69) is 0 Å². The van der Waals surface area contributed by atoms with Crippen molar-refractivity contribution in [3.05, 3.63) is 0 Å². The molecule has 5 heteroatoms. The van der Waals surface area contributed by atoms with E-state index in [1.807, 2.05) is 4.90 Å².